The van der Waals surface area contributed by atoms with Gasteiger partial charge in [0, 0.05) is 15.0 Å². The van der Waals surface area contributed by atoms with Gasteiger partial charge in [-0.1, -0.05) is 15.9 Å². The number of benzene rings is 2. The summed E-state index contributed by atoms with van der Waals surface area (Å²) in [7, 11) is 0. The number of hydrogen-bond donors (Lipinski definition) is 2. The Hall–Kier alpha value is -1.47. The highest BCUT2D eigenvalue weighted by Gasteiger charge is 2.15. The lowest BCUT2D eigenvalue weighted by Gasteiger charge is -2.10. The second kappa shape index (κ2) is 5.88. The highest BCUT2D eigenvalue weighted by molar-refractivity contribution is 9.11. The van der Waals surface area contributed by atoms with Gasteiger partial charge >= 0.3 is 0 Å². The summed E-state index contributed by atoms with van der Waals surface area (Å²) in [5.74, 6) is -2.28. The minimum Gasteiger partial charge on any atom is -0.397 e. The van der Waals surface area contributed by atoms with Crippen molar-refractivity contribution in [3.8, 4) is 0 Å². The average molecular weight is 406 g/mol. The molecule has 7 heteroatoms. The van der Waals surface area contributed by atoms with Gasteiger partial charge in [-0.25, -0.2) is 8.78 Å². The normalized spacial score (nSPS) is 10.4. The van der Waals surface area contributed by atoms with Crippen molar-refractivity contribution in [1.82, 2.24) is 0 Å². The molecule has 0 aliphatic carbocycles. The molecule has 0 aliphatic heterocycles. The monoisotopic (exact) mass is 404 g/mol. The molecule has 0 spiro atoms. The molecule has 0 bridgehead atoms. The van der Waals surface area contributed by atoms with Crippen LogP contribution in [-0.2, 0) is 0 Å². The van der Waals surface area contributed by atoms with Crippen LogP contribution in [0.4, 0.5) is 20.2 Å². The van der Waals surface area contributed by atoms with Crippen LogP contribution in [0.5, 0.6) is 0 Å². The van der Waals surface area contributed by atoms with Gasteiger partial charge in [0.05, 0.1) is 11.3 Å². The molecule has 0 radical (unpaired) electrons. The number of carbonyl (C=O) groups excluding carboxylic acids is 1. The number of amides is 1. The largest absolute Gasteiger partial charge is 0.397 e. The molecule has 3 nitrogen and oxygen atoms in total. The van der Waals surface area contributed by atoms with Gasteiger partial charge in [-0.05, 0) is 40.2 Å². The van der Waals surface area contributed by atoms with Crippen LogP contribution in [0.3, 0.4) is 0 Å². The van der Waals surface area contributed by atoms with Crippen molar-refractivity contribution in [1.29, 1.82) is 0 Å². The van der Waals surface area contributed by atoms with E-state index in [2.05, 4.69) is 37.2 Å². The number of rotatable bonds is 2. The Labute approximate surface area is 130 Å². The van der Waals surface area contributed by atoms with Crippen LogP contribution in [-0.4, -0.2) is 5.91 Å². The van der Waals surface area contributed by atoms with E-state index in [1.54, 1.807) is 18.2 Å². The first-order chi connectivity index (χ1) is 9.38. The predicted octanol–water partition coefficient (Wildman–Crippen LogP) is 4.32. The maximum absolute atomic E-state index is 13.6. The van der Waals surface area contributed by atoms with Crippen molar-refractivity contribution in [3.63, 3.8) is 0 Å². The van der Waals surface area contributed by atoms with Crippen molar-refractivity contribution in [2.24, 2.45) is 0 Å². The summed E-state index contributed by atoms with van der Waals surface area (Å²) in [6.45, 7) is 0. The van der Waals surface area contributed by atoms with Crippen LogP contribution in [0.1, 0.15) is 10.4 Å². The highest BCUT2D eigenvalue weighted by Crippen LogP contribution is 2.27. The molecule has 2 aromatic rings. The smallest absolute Gasteiger partial charge is 0.256 e. The zero-order valence-corrected chi connectivity index (χ0v) is 13.1. The first-order valence-corrected chi connectivity index (χ1v) is 6.98. The van der Waals surface area contributed by atoms with E-state index in [0.717, 1.165) is 10.5 Å². The van der Waals surface area contributed by atoms with Gasteiger partial charge in [0.15, 0.2) is 5.82 Å². The molecule has 0 aliphatic rings. The third kappa shape index (κ3) is 3.16. The lowest BCUT2D eigenvalue weighted by molar-refractivity contribution is 0.102. The first-order valence-electron chi connectivity index (χ1n) is 5.39. The van der Waals surface area contributed by atoms with E-state index in [-0.39, 0.29) is 11.4 Å². The SMILES string of the molecule is Nc1cc(F)cc(F)c1NC(=O)c1ccc(Br)cc1Br. The zero-order chi connectivity index (χ0) is 14.9. The van der Waals surface area contributed by atoms with Gasteiger partial charge in [0.25, 0.3) is 5.91 Å². The molecule has 0 saturated carbocycles. The highest BCUT2D eigenvalue weighted by atomic mass is 79.9. The van der Waals surface area contributed by atoms with Crippen LogP contribution in [0.2, 0.25) is 0 Å². The lowest BCUT2D eigenvalue weighted by Crippen LogP contribution is -2.15. The number of nitrogens with two attached hydrogens (primary N) is 1. The number of nitrogen functional groups attached to an aromatic ring is 1. The van der Waals surface area contributed by atoms with Crippen molar-refractivity contribution < 1.29 is 13.6 Å². The standard InChI is InChI=1S/C13H8Br2F2N2O/c14-6-1-2-8(9(15)3-6)13(20)19-12-10(17)4-7(16)5-11(12)18/h1-5H,18H2,(H,19,20). The molecule has 3 N–H and O–H groups in total. The molecule has 2 rings (SSSR count). The minimum absolute atomic E-state index is 0.177. The quantitative estimate of drug-likeness (QED) is 0.731. The maximum atomic E-state index is 13.6. The van der Waals surface area contributed by atoms with Crippen LogP contribution in [0, 0.1) is 11.6 Å². The number of anilines is 2. The average Bonchev–Trinajstić information content (AvgIpc) is 2.33. The van der Waals surface area contributed by atoms with E-state index in [0.29, 0.717) is 16.1 Å². The topological polar surface area (TPSA) is 55.1 Å². The van der Waals surface area contributed by atoms with Gasteiger partial charge in [-0.2, -0.15) is 0 Å². The Balaban J connectivity index is 2.33. The third-order valence-corrected chi connectivity index (χ3v) is 3.65. The van der Waals surface area contributed by atoms with E-state index in [1.165, 1.54) is 0 Å². The fourth-order valence-electron chi connectivity index (χ4n) is 1.58. The Morgan fingerprint density at radius 3 is 2.45 bits per heavy atom. The molecular weight excluding hydrogens is 398 g/mol. The second-order valence-corrected chi connectivity index (χ2v) is 5.70. The van der Waals surface area contributed by atoms with Gasteiger partial charge in [0.1, 0.15) is 11.5 Å². The Kier molecular flexibility index (Phi) is 4.39. The molecule has 0 atom stereocenters. The number of halogens is 4. The van der Waals surface area contributed by atoms with Gasteiger partial charge in [0.2, 0.25) is 0 Å². The zero-order valence-electron chi connectivity index (χ0n) is 9.88. The number of carbonyl (C=O) groups is 1. The fourth-order valence-corrected chi connectivity index (χ4v) is 2.81. The fraction of sp³-hybridized carbons (Fsp3) is 0. The van der Waals surface area contributed by atoms with Gasteiger partial charge in [-0.15, -0.1) is 0 Å². The molecule has 2 aromatic carbocycles. The Morgan fingerprint density at radius 2 is 1.85 bits per heavy atom. The number of nitrogens with one attached hydrogen (secondary N) is 1. The second-order valence-electron chi connectivity index (χ2n) is 3.93. The molecule has 20 heavy (non-hydrogen) atoms. The summed E-state index contributed by atoms with van der Waals surface area (Å²) in [6.07, 6.45) is 0. The molecule has 104 valence electrons. The molecule has 0 fully saturated rings. The van der Waals surface area contributed by atoms with E-state index in [1.807, 2.05) is 0 Å². The van der Waals surface area contributed by atoms with Crippen molar-refractivity contribution in [2.75, 3.05) is 11.1 Å². The third-order valence-electron chi connectivity index (χ3n) is 2.50. The van der Waals surface area contributed by atoms with E-state index < -0.39 is 17.5 Å². The minimum atomic E-state index is -0.927. The molecule has 0 saturated heterocycles. The lowest BCUT2D eigenvalue weighted by atomic mass is 10.2. The van der Waals surface area contributed by atoms with E-state index in [4.69, 9.17) is 5.73 Å². The van der Waals surface area contributed by atoms with Crippen molar-refractivity contribution in [2.45, 2.75) is 0 Å². The van der Waals surface area contributed by atoms with Crippen LogP contribution in [0.15, 0.2) is 39.3 Å². The van der Waals surface area contributed by atoms with E-state index in [9.17, 15) is 13.6 Å². The van der Waals surface area contributed by atoms with E-state index >= 15 is 0 Å². The molecule has 0 heterocycles. The van der Waals surface area contributed by atoms with Gasteiger partial charge in [-0.3, -0.25) is 4.79 Å². The molecule has 1 amide bonds. The first kappa shape index (κ1) is 14.9. The molecule has 0 unspecified atom stereocenters. The van der Waals surface area contributed by atoms with Gasteiger partial charge < -0.3 is 11.1 Å². The van der Waals surface area contributed by atoms with Crippen molar-refractivity contribution in [3.05, 3.63) is 56.5 Å². The summed E-state index contributed by atoms with van der Waals surface area (Å²) in [5.41, 5.74) is 5.38. The summed E-state index contributed by atoms with van der Waals surface area (Å²) >= 11 is 6.49. The predicted molar refractivity (Wildman–Crippen MR) is 80.6 cm³/mol. The Morgan fingerprint density at radius 1 is 1.15 bits per heavy atom. The van der Waals surface area contributed by atoms with Crippen LogP contribution in [0.25, 0.3) is 0 Å². The number of hydrogen-bond acceptors (Lipinski definition) is 2. The van der Waals surface area contributed by atoms with Crippen LogP contribution >= 0.6 is 31.9 Å². The van der Waals surface area contributed by atoms with Crippen molar-refractivity contribution >= 4 is 49.1 Å². The summed E-state index contributed by atoms with van der Waals surface area (Å²) in [6, 6.07) is 6.50. The molecule has 0 aromatic heterocycles. The maximum Gasteiger partial charge on any atom is 0.256 e. The summed E-state index contributed by atoms with van der Waals surface area (Å²) in [5, 5.41) is 2.33. The van der Waals surface area contributed by atoms with Crippen LogP contribution < -0.4 is 11.1 Å². The summed E-state index contributed by atoms with van der Waals surface area (Å²) < 4.78 is 27.8. The molecular formula is C13H8Br2F2N2O. The Bertz CT molecular complexity index is 669. The summed E-state index contributed by atoms with van der Waals surface area (Å²) in [4.78, 5) is 12.1.